The van der Waals surface area contributed by atoms with Crippen LogP contribution >= 0.6 is 0 Å². The summed E-state index contributed by atoms with van der Waals surface area (Å²) in [5.41, 5.74) is 2.61. The molecule has 0 aliphatic carbocycles. The van der Waals surface area contributed by atoms with Crippen molar-refractivity contribution in [2.75, 3.05) is 26.3 Å². The van der Waals surface area contributed by atoms with Gasteiger partial charge in [0.2, 0.25) is 0 Å². The number of hydrogen-bond donors (Lipinski definition) is 1. The van der Waals surface area contributed by atoms with Crippen LogP contribution < -0.4 is 0 Å². The number of aromatic amines is 1. The van der Waals surface area contributed by atoms with Gasteiger partial charge in [-0.05, 0) is 36.4 Å². The van der Waals surface area contributed by atoms with Gasteiger partial charge in [-0.3, -0.25) is 10.00 Å². The van der Waals surface area contributed by atoms with E-state index >= 15 is 0 Å². The second-order valence-electron chi connectivity index (χ2n) is 6.28. The summed E-state index contributed by atoms with van der Waals surface area (Å²) in [4.78, 5) is 2.61. The highest BCUT2D eigenvalue weighted by molar-refractivity contribution is 5.78. The van der Waals surface area contributed by atoms with Crippen molar-refractivity contribution >= 4 is 10.9 Å². The maximum absolute atomic E-state index is 5.32. The first-order valence-corrected chi connectivity index (χ1v) is 7.56. The van der Waals surface area contributed by atoms with E-state index in [4.69, 9.17) is 4.74 Å². The smallest absolute Gasteiger partial charge is 0.0653 e. The van der Waals surface area contributed by atoms with Crippen molar-refractivity contribution in [2.45, 2.75) is 25.3 Å². The molecule has 2 aliphatic rings. The lowest BCUT2D eigenvalue weighted by Crippen LogP contribution is -2.53. The lowest BCUT2D eigenvalue weighted by molar-refractivity contribution is -0.0773. The quantitative estimate of drug-likeness (QED) is 0.912. The van der Waals surface area contributed by atoms with Crippen molar-refractivity contribution < 1.29 is 4.74 Å². The number of nitrogens with zero attached hydrogens (tertiary/aromatic N) is 2. The van der Waals surface area contributed by atoms with Gasteiger partial charge in [-0.25, -0.2) is 0 Å². The molecule has 1 aromatic carbocycles. The minimum Gasteiger partial charge on any atom is -0.378 e. The van der Waals surface area contributed by atoms with Crippen LogP contribution in [0.15, 0.2) is 24.4 Å². The predicted octanol–water partition coefficient (Wildman–Crippen LogP) is 2.39. The zero-order valence-corrected chi connectivity index (χ0v) is 11.9. The molecule has 2 aliphatic heterocycles. The molecular formula is C16H21N3O. The Labute approximate surface area is 119 Å². The van der Waals surface area contributed by atoms with Crippen LogP contribution in [0.25, 0.3) is 10.9 Å². The summed E-state index contributed by atoms with van der Waals surface area (Å²) in [5.74, 6) is 1.37. The lowest BCUT2D eigenvalue weighted by Gasteiger charge is -2.44. The largest absolute Gasteiger partial charge is 0.378 e. The summed E-state index contributed by atoms with van der Waals surface area (Å²) in [5, 5.41) is 8.40. The van der Waals surface area contributed by atoms with Gasteiger partial charge in [0.05, 0.1) is 31.0 Å². The van der Waals surface area contributed by atoms with Crippen LogP contribution in [0.5, 0.6) is 0 Å². The van der Waals surface area contributed by atoms with Crippen molar-refractivity contribution in [1.29, 1.82) is 0 Å². The SMILES string of the molecule is C[C@H]1CN(C2COC2)CC[C@H]1c1ccc2cn[nH]c2c1. The van der Waals surface area contributed by atoms with Crippen molar-refractivity contribution in [2.24, 2.45) is 5.92 Å². The van der Waals surface area contributed by atoms with Gasteiger partial charge in [0.1, 0.15) is 0 Å². The number of benzene rings is 1. The first-order chi connectivity index (χ1) is 9.81. The molecule has 0 saturated carbocycles. The topological polar surface area (TPSA) is 41.1 Å². The maximum atomic E-state index is 5.32. The fourth-order valence-electron chi connectivity index (χ4n) is 3.62. The zero-order chi connectivity index (χ0) is 13.5. The summed E-state index contributed by atoms with van der Waals surface area (Å²) in [6.45, 7) is 6.63. The number of aromatic nitrogens is 2. The number of rotatable bonds is 2. The monoisotopic (exact) mass is 271 g/mol. The molecule has 2 atom stereocenters. The van der Waals surface area contributed by atoms with E-state index in [1.807, 2.05) is 6.20 Å². The predicted molar refractivity (Wildman–Crippen MR) is 78.8 cm³/mol. The first kappa shape index (κ1) is 12.4. The molecule has 20 heavy (non-hydrogen) atoms. The Morgan fingerprint density at radius 3 is 3.00 bits per heavy atom. The number of fused-ring (bicyclic) bond motifs is 1. The lowest BCUT2D eigenvalue weighted by atomic mass is 9.81. The Kier molecular flexibility index (Phi) is 3.00. The number of nitrogens with one attached hydrogen (secondary N) is 1. The van der Waals surface area contributed by atoms with Crippen LogP contribution in [0.3, 0.4) is 0 Å². The molecule has 0 radical (unpaired) electrons. The molecule has 2 fully saturated rings. The van der Waals surface area contributed by atoms with Gasteiger partial charge in [0.15, 0.2) is 0 Å². The molecule has 0 spiro atoms. The Hall–Kier alpha value is -1.39. The number of ether oxygens (including phenoxy) is 1. The van der Waals surface area contributed by atoms with E-state index in [0.29, 0.717) is 17.9 Å². The van der Waals surface area contributed by atoms with E-state index in [2.05, 4.69) is 40.2 Å². The van der Waals surface area contributed by atoms with Gasteiger partial charge >= 0.3 is 0 Å². The molecular weight excluding hydrogens is 250 g/mol. The van der Waals surface area contributed by atoms with Gasteiger partial charge in [0, 0.05) is 11.9 Å². The van der Waals surface area contributed by atoms with Crippen molar-refractivity contribution in [1.82, 2.24) is 15.1 Å². The molecule has 2 aromatic rings. The Bertz CT molecular complexity index is 605. The highest BCUT2D eigenvalue weighted by Crippen LogP contribution is 2.35. The highest BCUT2D eigenvalue weighted by Gasteiger charge is 2.33. The minimum absolute atomic E-state index is 0.667. The maximum Gasteiger partial charge on any atom is 0.0653 e. The second-order valence-corrected chi connectivity index (χ2v) is 6.28. The number of hydrogen-bond acceptors (Lipinski definition) is 3. The van der Waals surface area contributed by atoms with E-state index in [0.717, 1.165) is 18.7 Å². The highest BCUT2D eigenvalue weighted by atomic mass is 16.5. The second kappa shape index (κ2) is 4.86. The molecule has 0 unspecified atom stereocenters. The van der Waals surface area contributed by atoms with Crippen LogP contribution in [-0.2, 0) is 4.74 Å². The van der Waals surface area contributed by atoms with E-state index in [1.54, 1.807) is 0 Å². The zero-order valence-electron chi connectivity index (χ0n) is 11.9. The van der Waals surface area contributed by atoms with Crippen LogP contribution in [0.2, 0.25) is 0 Å². The molecule has 4 nitrogen and oxygen atoms in total. The van der Waals surface area contributed by atoms with Crippen molar-refractivity contribution in [3.63, 3.8) is 0 Å². The third-order valence-corrected chi connectivity index (χ3v) is 4.97. The van der Waals surface area contributed by atoms with Gasteiger partial charge in [-0.1, -0.05) is 19.1 Å². The molecule has 1 N–H and O–H groups in total. The molecule has 4 heteroatoms. The number of H-pyrrole nitrogens is 1. The number of likely N-dealkylation sites (tertiary alicyclic amines) is 1. The standard InChI is InChI=1S/C16H21N3O/c1-11-8-19(14-9-20-10-14)5-4-15(11)12-2-3-13-7-17-18-16(13)6-12/h2-3,6-7,11,14-15H,4-5,8-10H2,1H3,(H,17,18)/t11-,15+/m0/s1. The van der Waals surface area contributed by atoms with E-state index in [9.17, 15) is 0 Å². The molecule has 4 rings (SSSR count). The Morgan fingerprint density at radius 1 is 1.35 bits per heavy atom. The first-order valence-electron chi connectivity index (χ1n) is 7.56. The molecule has 106 valence electrons. The third-order valence-electron chi connectivity index (χ3n) is 4.97. The third kappa shape index (κ3) is 2.03. The summed E-state index contributed by atoms with van der Waals surface area (Å²) in [7, 11) is 0. The van der Waals surface area contributed by atoms with Crippen LogP contribution in [0.4, 0.5) is 0 Å². The van der Waals surface area contributed by atoms with E-state index in [-0.39, 0.29) is 0 Å². The molecule has 0 amide bonds. The fraction of sp³-hybridized carbons (Fsp3) is 0.562. The summed E-state index contributed by atoms with van der Waals surface area (Å²) in [6.07, 6.45) is 3.14. The van der Waals surface area contributed by atoms with Crippen LogP contribution in [-0.4, -0.2) is 47.4 Å². The Balaban J connectivity index is 1.53. The Morgan fingerprint density at radius 2 is 2.25 bits per heavy atom. The van der Waals surface area contributed by atoms with E-state index < -0.39 is 0 Å². The average molecular weight is 271 g/mol. The van der Waals surface area contributed by atoms with Crippen molar-refractivity contribution in [3.05, 3.63) is 30.0 Å². The summed E-state index contributed by atoms with van der Waals surface area (Å²) >= 11 is 0. The summed E-state index contributed by atoms with van der Waals surface area (Å²) in [6, 6.07) is 7.42. The molecule has 3 heterocycles. The molecule has 0 bridgehead atoms. The molecule has 1 aromatic heterocycles. The van der Waals surface area contributed by atoms with Gasteiger partial charge in [0.25, 0.3) is 0 Å². The van der Waals surface area contributed by atoms with Gasteiger partial charge < -0.3 is 4.74 Å². The van der Waals surface area contributed by atoms with Gasteiger partial charge in [-0.2, -0.15) is 5.10 Å². The van der Waals surface area contributed by atoms with Crippen LogP contribution in [0, 0.1) is 5.92 Å². The minimum atomic E-state index is 0.667. The van der Waals surface area contributed by atoms with E-state index in [1.165, 1.54) is 30.5 Å². The fourth-order valence-corrected chi connectivity index (χ4v) is 3.62. The van der Waals surface area contributed by atoms with Crippen molar-refractivity contribution in [3.8, 4) is 0 Å². The molecule has 2 saturated heterocycles. The average Bonchev–Trinajstić information content (AvgIpc) is 2.84. The van der Waals surface area contributed by atoms with Gasteiger partial charge in [-0.15, -0.1) is 0 Å². The normalized spacial score (nSPS) is 28.6. The van der Waals surface area contributed by atoms with Crippen LogP contribution in [0.1, 0.15) is 24.8 Å². The summed E-state index contributed by atoms with van der Waals surface area (Å²) < 4.78 is 5.32. The number of piperidine rings is 1.